The van der Waals surface area contributed by atoms with Gasteiger partial charge in [-0.3, -0.25) is 5.10 Å². The molecule has 0 spiro atoms. The number of benzene rings is 2. The first-order valence-corrected chi connectivity index (χ1v) is 6.68. The Balaban J connectivity index is 2.05. The number of hydrogen-bond acceptors (Lipinski definition) is 3. The van der Waals surface area contributed by atoms with Crippen LogP contribution in [0.5, 0.6) is 11.5 Å². The molecular weight excluding hydrogens is 264 g/mol. The lowest BCUT2D eigenvalue weighted by molar-refractivity contribution is 0.412. The van der Waals surface area contributed by atoms with Gasteiger partial charge in [0, 0.05) is 11.1 Å². The molecule has 0 amide bonds. The van der Waals surface area contributed by atoms with Crippen molar-refractivity contribution in [3.8, 4) is 34.0 Å². The number of aromatic hydroxyl groups is 1. The van der Waals surface area contributed by atoms with E-state index < -0.39 is 0 Å². The summed E-state index contributed by atoms with van der Waals surface area (Å²) in [5.74, 6) is 0.863. The van der Waals surface area contributed by atoms with Crippen molar-refractivity contribution < 1.29 is 9.84 Å². The summed E-state index contributed by atoms with van der Waals surface area (Å²) < 4.78 is 5.19. The van der Waals surface area contributed by atoms with Gasteiger partial charge in [-0.15, -0.1) is 0 Å². The van der Waals surface area contributed by atoms with Crippen LogP contribution >= 0.6 is 0 Å². The van der Waals surface area contributed by atoms with Crippen molar-refractivity contribution in [2.45, 2.75) is 6.92 Å². The van der Waals surface area contributed by atoms with E-state index in [4.69, 9.17) is 4.74 Å². The second kappa shape index (κ2) is 5.32. The average Bonchev–Trinajstić information content (AvgIpc) is 2.97. The van der Waals surface area contributed by atoms with Crippen LogP contribution in [0.15, 0.2) is 48.5 Å². The lowest BCUT2D eigenvalue weighted by atomic mass is 10.0. The highest BCUT2D eigenvalue weighted by atomic mass is 16.5. The van der Waals surface area contributed by atoms with Crippen molar-refractivity contribution in [2.75, 3.05) is 7.11 Å². The zero-order valence-corrected chi connectivity index (χ0v) is 11.9. The van der Waals surface area contributed by atoms with Gasteiger partial charge in [0.25, 0.3) is 0 Å². The van der Waals surface area contributed by atoms with Crippen LogP contribution in [-0.4, -0.2) is 22.4 Å². The molecule has 2 aromatic carbocycles. The molecule has 0 fully saturated rings. The number of aryl methyl sites for hydroxylation is 1. The second-order valence-electron chi connectivity index (χ2n) is 4.86. The molecule has 0 radical (unpaired) electrons. The molecular formula is C17H16N2O2. The van der Waals surface area contributed by atoms with Crippen LogP contribution in [0.4, 0.5) is 0 Å². The summed E-state index contributed by atoms with van der Waals surface area (Å²) in [5, 5.41) is 17.3. The number of H-pyrrole nitrogens is 1. The minimum absolute atomic E-state index is 0.179. The van der Waals surface area contributed by atoms with Gasteiger partial charge in [0.2, 0.25) is 0 Å². The predicted molar refractivity (Wildman–Crippen MR) is 82.4 cm³/mol. The van der Waals surface area contributed by atoms with Crippen LogP contribution < -0.4 is 4.74 Å². The standard InChI is InChI=1S/C17H16N2O2/c1-11-5-3-4-6-13(11)15-10-16(19-18-15)14-9-12(21-2)7-8-17(14)20/h3-10,20H,1-2H3,(H,18,19). The van der Waals surface area contributed by atoms with Crippen molar-refractivity contribution in [2.24, 2.45) is 0 Å². The van der Waals surface area contributed by atoms with Crippen LogP contribution in [0.1, 0.15) is 5.56 Å². The molecule has 0 aliphatic carbocycles. The summed E-state index contributed by atoms with van der Waals surface area (Å²) in [4.78, 5) is 0. The van der Waals surface area contributed by atoms with Gasteiger partial charge in [-0.2, -0.15) is 5.10 Å². The third-order valence-corrected chi connectivity index (χ3v) is 3.49. The zero-order chi connectivity index (χ0) is 14.8. The Bertz CT molecular complexity index is 778. The average molecular weight is 280 g/mol. The number of aromatic amines is 1. The third-order valence-electron chi connectivity index (χ3n) is 3.49. The zero-order valence-electron chi connectivity index (χ0n) is 11.9. The summed E-state index contributed by atoms with van der Waals surface area (Å²) in [6, 6.07) is 15.1. The van der Waals surface area contributed by atoms with E-state index in [2.05, 4.69) is 23.2 Å². The van der Waals surface area contributed by atoms with Crippen LogP contribution in [0.3, 0.4) is 0 Å². The number of phenolic OH excluding ortho intramolecular Hbond substituents is 1. The fraction of sp³-hybridized carbons (Fsp3) is 0.118. The van der Waals surface area contributed by atoms with Gasteiger partial charge < -0.3 is 9.84 Å². The van der Waals surface area contributed by atoms with Gasteiger partial charge >= 0.3 is 0 Å². The van der Waals surface area contributed by atoms with Gasteiger partial charge in [-0.05, 0) is 36.8 Å². The van der Waals surface area contributed by atoms with E-state index >= 15 is 0 Å². The topological polar surface area (TPSA) is 58.1 Å². The van der Waals surface area contributed by atoms with Gasteiger partial charge in [0.05, 0.1) is 18.5 Å². The number of nitrogens with zero attached hydrogens (tertiary/aromatic N) is 1. The molecule has 3 rings (SSSR count). The Hall–Kier alpha value is -2.75. The van der Waals surface area contributed by atoms with Crippen molar-refractivity contribution in [3.05, 3.63) is 54.1 Å². The molecule has 3 aromatic rings. The van der Waals surface area contributed by atoms with Gasteiger partial charge in [-0.1, -0.05) is 24.3 Å². The fourth-order valence-electron chi connectivity index (χ4n) is 2.32. The monoisotopic (exact) mass is 280 g/mol. The molecule has 0 saturated carbocycles. The van der Waals surface area contributed by atoms with Crippen molar-refractivity contribution in [1.29, 1.82) is 0 Å². The van der Waals surface area contributed by atoms with E-state index in [1.54, 1.807) is 25.3 Å². The van der Waals surface area contributed by atoms with Crippen LogP contribution in [0.2, 0.25) is 0 Å². The van der Waals surface area contributed by atoms with Crippen LogP contribution in [0.25, 0.3) is 22.5 Å². The fourth-order valence-corrected chi connectivity index (χ4v) is 2.32. The molecule has 0 aliphatic heterocycles. The maximum Gasteiger partial charge on any atom is 0.125 e. The van der Waals surface area contributed by atoms with Crippen molar-refractivity contribution in [1.82, 2.24) is 10.2 Å². The van der Waals surface area contributed by atoms with E-state index in [-0.39, 0.29) is 5.75 Å². The normalized spacial score (nSPS) is 10.6. The molecule has 0 saturated heterocycles. The van der Waals surface area contributed by atoms with Crippen molar-refractivity contribution >= 4 is 0 Å². The molecule has 21 heavy (non-hydrogen) atoms. The Morgan fingerprint density at radius 2 is 1.86 bits per heavy atom. The van der Waals surface area contributed by atoms with E-state index in [1.165, 1.54) is 5.56 Å². The third kappa shape index (κ3) is 2.48. The molecule has 1 aromatic heterocycles. The lowest BCUT2D eigenvalue weighted by Gasteiger charge is -2.04. The number of rotatable bonds is 3. The largest absolute Gasteiger partial charge is 0.507 e. The quantitative estimate of drug-likeness (QED) is 0.768. The Morgan fingerprint density at radius 1 is 1.05 bits per heavy atom. The van der Waals surface area contributed by atoms with E-state index in [9.17, 15) is 5.11 Å². The number of methoxy groups -OCH3 is 1. The van der Waals surface area contributed by atoms with E-state index in [0.717, 1.165) is 11.3 Å². The number of nitrogens with one attached hydrogen (secondary N) is 1. The molecule has 0 aliphatic rings. The number of ether oxygens (including phenoxy) is 1. The minimum atomic E-state index is 0.179. The van der Waals surface area contributed by atoms with E-state index in [0.29, 0.717) is 17.0 Å². The second-order valence-corrected chi connectivity index (χ2v) is 4.86. The predicted octanol–water partition coefficient (Wildman–Crippen LogP) is 3.77. The number of hydrogen-bond donors (Lipinski definition) is 2. The first-order chi connectivity index (χ1) is 10.2. The summed E-state index contributed by atoms with van der Waals surface area (Å²) in [6.07, 6.45) is 0. The highest BCUT2D eigenvalue weighted by molar-refractivity contribution is 5.74. The van der Waals surface area contributed by atoms with Gasteiger partial charge in [0.1, 0.15) is 11.5 Å². The molecule has 4 nitrogen and oxygen atoms in total. The molecule has 2 N–H and O–H groups in total. The van der Waals surface area contributed by atoms with Crippen molar-refractivity contribution in [3.63, 3.8) is 0 Å². The first kappa shape index (κ1) is 13.2. The number of phenols is 1. The molecule has 106 valence electrons. The summed E-state index contributed by atoms with van der Waals surface area (Å²) in [5.41, 5.74) is 4.52. The summed E-state index contributed by atoms with van der Waals surface area (Å²) >= 11 is 0. The maximum atomic E-state index is 10.0. The van der Waals surface area contributed by atoms with Gasteiger partial charge in [0.15, 0.2) is 0 Å². The maximum absolute atomic E-state index is 10.0. The summed E-state index contributed by atoms with van der Waals surface area (Å²) in [6.45, 7) is 2.05. The molecule has 1 heterocycles. The lowest BCUT2D eigenvalue weighted by Crippen LogP contribution is -1.85. The first-order valence-electron chi connectivity index (χ1n) is 6.68. The Labute approximate surface area is 123 Å². The van der Waals surface area contributed by atoms with Gasteiger partial charge in [-0.25, -0.2) is 0 Å². The Morgan fingerprint density at radius 3 is 2.62 bits per heavy atom. The Kier molecular flexibility index (Phi) is 3.36. The molecule has 0 unspecified atom stereocenters. The van der Waals surface area contributed by atoms with Crippen LogP contribution in [-0.2, 0) is 0 Å². The smallest absolute Gasteiger partial charge is 0.125 e. The molecule has 0 atom stereocenters. The minimum Gasteiger partial charge on any atom is -0.507 e. The highest BCUT2D eigenvalue weighted by Crippen LogP contribution is 2.33. The molecule has 0 bridgehead atoms. The SMILES string of the molecule is COc1ccc(O)c(-c2cc(-c3ccccc3C)[nH]n2)c1. The molecule has 4 heteroatoms. The number of aromatic nitrogens is 2. The van der Waals surface area contributed by atoms with E-state index in [1.807, 2.05) is 24.3 Å². The summed E-state index contributed by atoms with van der Waals surface area (Å²) in [7, 11) is 1.60. The van der Waals surface area contributed by atoms with Crippen LogP contribution in [0, 0.1) is 6.92 Å². The highest BCUT2D eigenvalue weighted by Gasteiger charge is 2.11.